The maximum Gasteiger partial charge on any atom is 0.289 e. The van der Waals surface area contributed by atoms with Crippen molar-refractivity contribution in [3.63, 3.8) is 0 Å². The fraction of sp³-hybridized carbons (Fsp3) is 0.350. The van der Waals surface area contributed by atoms with E-state index in [-0.39, 0.29) is 17.5 Å². The molecule has 0 N–H and O–H groups in total. The summed E-state index contributed by atoms with van der Waals surface area (Å²) in [4.78, 5) is 25.8. The lowest BCUT2D eigenvalue weighted by molar-refractivity contribution is 0.0753. The number of aryl methyl sites for hydroxylation is 1. The summed E-state index contributed by atoms with van der Waals surface area (Å²) in [7, 11) is 0. The molecule has 1 aromatic carbocycles. The fourth-order valence-electron chi connectivity index (χ4n) is 4.19. The zero-order valence-corrected chi connectivity index (χ0v) is 14.9. The lowest BCUT2D eigenvalue weighted by Crippen LogP contribution is -2.33. The molecule has 138 valence electrons. The monoisotopic (exact) mass is 366 g/mol. The summed E-state index contributed by atoms with van der Waals surface area (Å²) >= 11 is 0. The summed E-state index contributed by atoms with van der Waals surface area (Å²) in [5.74, 6) is 1.38. The Morgan fingerprint density at radius 3 is 2.67 bits per heavy atom. The molecule has 4 heterocycles. The number of carbonyl (C=O) groups excluding carboxylic acids is 1. The highest BCUT2D eigenvalue weighted by atomic mass is 19.1. The van der Waals surface area contributed by atoms with Crippen LogP contribution in [0.25, 0.3) is 11.0 Å². The van der Waals surface area contributed by atoms with Crippen LogP contribution in [0, 0.1) is 24.6 Å². The van der Waals surface area contributed by atoms with Gasteiger partial charge in [0.15, 0.2) is 5.76 Å². The molecule has 0 aliphatic carbocycles. The highest BCUT2D eigenvalue weighted by Crippen LogP contribution is 2.34. The highest BCUT2D eigenvalue weighted by Gasteiger charge is 2.43. The molecule has 0 saturated carbocycles. The van der Waals surface area contributed by atoms with E-state index in [4.69, 9.17) is 4.42 Å². The molecule has 7 heteroatoms. The van der Waals surface area contributed by atoms with Gasteiger partial charge in [0.05, 0.1) is 0 Å². The Balaban J connectivity index is 1.30. The second-order valence-corrected chi connectivity index (χ2v) is 7.43. The van der Waals surface area contributed by atoms with Gasteiger partial charge in [-0.2, -0.15) is 0 Å². The maximum absolute atomic E-state index is 13.4. The van der Waals surface area contributed by atoms with E-state index in [1.165, 1.54) is 12.1 Å². The number of hydrogen-bond acceptors (Lipinski definition) is 5. The predicted octanol–water partition coefficient (Wildman–Crippen LogP) is 2.88. The number of likely N-dealkylation sites (tertiary alicyclic amines) is 1. The van der Waals surface area contributed by atoms with Gasteiger partial charge in [-0.05, 0) is 37.3 Å². The van der Waals surface area contributed by atoms with E-state index in [1.54, 1.807) is 18.3 Å². The van der Waals surface area contributed by atoms with E-state index in [9.17, 15) is 9.18 Å². The van der Waals surface area contributed by atoms with Gasteiger partial charge in [-0.15, -0.1) is 0 Å². The van der Waals surface area contributed by atoms with Gasteiger partial charge in [0.25, 0.3) is 5.91 Å². The highest BCUT2D eigenvalue weighted by molar-refractivity contribution is 5.96. The molecule has 2 aromatic heterocycles. The summed E-state index contributed by atoms with van der Waals surface area (Å²) < 4.78 is 19.0. The summed E-state index contributed by atoms with van der Waals surface area (Å²) in [5.41, 5.74) is 1.48. The number of carbonyl (C=O) groups is 1. The molecule has 0 radical (unpaired) electrons. The molecule has 2 aliphatic rings. The van der Waals surface area contributed by atoms with Crippen molar-refractivity contribution in [3.8, 4) is 0 Å². The normalized spacial score (nSPS) is 21.9. The number of amides is 1. The van der Waals surface area contributed by atoms with E-state index in [1.807, 2.05) is 17.9 Å². The van der Waals surface area contributed by atoms with Crippen LogP contribution in [0.5, 0.6) is 0 Å². The van der Waals surface area contributed by atoms with Crippen molar-refractivity contribution in [1.29, 1.82) is 0 Å². The number of hydrogen-bond donors (Lipinski definition) is 0. The smallest absolute Gasteiger partial charge is 0.289 e. The lowest BCUT2D eigenvalue weighted by Gasteiger charge is -2.21. The summed E-state index contributed by atoms with van der Waals surface area (Å²) in [6.45, 7) is 5.04. The standard InChI is InChI=1S/C20H19FN4O2/c1-12-4-5-22-20(23-12)25-10-14-8-24(9-15(14)11-25)19(26)18-7-13-6-16(21)2-3-17(13)27-18/h2-7,14-15H,8-11H2,1H3/t14-,15+. The molecule has 2 atom stereocenters. The molecule has 27 heavy (non-hydrogen) atoms. The van der Waals surface area contributed by atoms with Gasteiger partial charge < -0.3 is 14.2 Å². The Morgan fingerprint density at radius 2 is 1.93 bits per heavy atom. The summed E-state index contributed by atoms with van der Waals surface area (Å²) in [6, 6.07) is 7.79. The second-order valence-electron chi connectivity index (χ2n) is 7.43. The Hall–Kier alpha value is -2.96. The lowest BCUT2D eigenvalue weighted by atomic mass is 10.0. The number of rotatable bonds is 2. The molecule has 1 amide bonds. The minimum absolute atomic E-state index is 0.126. The van der Waals surface area contributed by atoms with Gasteiger partial charge in [-0.1, -0.05) is 0 Å². The van der Waals surface area contributed by atoms with Crippen LogP contribution in [0.2, 0.25) is 0 Å². The minimum atomic E-state index is -0.337. The topological polar surface area (TPSA) is 62.5 Å². The first kappa shape index (κ1) is 16.2. The van der Waals surface area contributed by atoms with E-state index in [0.717, 1.165) is 24.7 Å². The first-order valence-corrected chi connectivity index (χ1v) is 9.10. The second kappa shape index (κ2) is 6.04. The quantitative estimate of drug-likeness (QED) is 0.698. The van der Waals surface area contributed by atoms with Crippen LogP contribution in [0.15, 0.2) is 40.9 Å². The molecule has 3 aromatic rings. The molecule has 2 aliphatic heterocycles. The molecule has 5 rings (SSSR count). The van der Waals surface area contributed by atoms with Gasteiger partial charge in [0.2, 0.25) is 5.95 Å². The van der Waals surface area contributed by atoms with Crippen molar-refractivity contribution in [2.45, 2.75) is 6.92 Å². The Bertz CT molecular complexity index is 1020. The molecular formula is C20H19FN4O2. The number of anilines is 1. The van der Waals surface area contributed by atoms with Crippen molar-refractivity contribution in [2.75, 3.05) is 31.1 Å². The third-order valence-corrected chi connectivity index (χ3v) is 5.53. The first-order valence-electron chi connectivity index (χ1n) is 9.10. The molecule has 2 saturated heterocycles. The number of aromatic nitrogens is 2. The van der Waals surface area contributed by atoms with Gasteiger partial charge in [0, 0.05) is 55.3 Å². The molecule has 0 unspecified atom stereocenters. The zero-order chi connectivity index (χ0) is 18.5. The molecule has 0 bridgehead atoms. The number of benzene rings is 1. The van der Waals surface area contributed by atoms with E-state index < -0.39 is 0 Å². The maximum atomic E-state index is 13.4. The van der Waals surface area contributed by atoms with Gasteiger partial charge >= 0.3 is 0 Å². The van der Waals surface area contributed by atoms with E-state index in [0.29, 0.717) is 35.9 Å². The van der Waals surface area contributed by atoms with Crippen molar-refractivity contribution >= 4 is 22.8 Å². The van der Waals surface area contributed by atoms with E-state index in [2.05, 4.69) is 14.9 Å². The average molecular weight is 366 g/mol. The van der Waals surface area contributed by atoms with Crippen LogP contribution in [0.3, 0.4) is 0 Å². The average Bonchev–Trinajstić information content (AvgIpc) is 3.33. The SMILES string of the molecule is Cc1ccnc(N2C[C@H]3CN(C(=O)c4cc5cc(F)ccc5o4)C[C@H]3C2)n1. The van der Waals surface area contributed by atoms with Crippen molar-refractivity contribution in [3.05, 3.63) is 53.8 Å². The van der Waals surface area contributed by atoms with Crippen LogP contribution >= 0.6 is 0 Å². The molecule has 0 spiro atoms. The largest absolute Gasteiger partial charge is 0.451 e. The van der Waals surface area contributed by atoms with Gasteiger partial charge in [-0.25, -0.2) is 14.4 Å². The summed E-state index contributed by atoms with van der Waals surface area (Å²) in [6.07, 6.45) is 1.78. The minimum Gasteiger partial charge on any atom is -0.451 e. The van der Waals surface area contributed by atoms with E-state index >= 15 is 0 Å². The number of fused-ring (bicyclic) bond motifs is 2. The van der Waals surface area contributed by atoms with Crippen molar-refractivity contribution < 1.29 is 13.6 Å². The van der Waals surface area contributed by atoms with Crippen LogP contribution in [-0.4, -0.2) is 47.0 Å². The molecule has 6 nitrogen and oxygen atoms in total. The predicted molar refractivity (Wildman–Crippen MR) is 98.0 cm³/mol. The third-order valence-electron chi connectivity index (χ3n) is 5.53. The molecular weight excluding hydrogens is 347 g/mol. The van der Waals surface area contributed by atoms with Crippen LogP contribution in [0.4, 0.5) is 10.3 Å². The van der Waals surface area contributed by atoms with Gasteiger partial charge in [0.1, 0.15) is 11.4 Å². The van der Waals surface area contributed by atoms with Crippen LogP contribution in [-0.2, 0) is 0 Å². The van der Waals surface area contributed by atoms with Gasteiger partial charge in [-0.3, -0.25) is 4.79 Å². The first-order chi connectivity index (χ1) is 13.1. The van der Waals surface area contributed by atoms with Crippen molar-refractivity contribution in [2.24, 2.45) is 11.8 Å². The number of furan rings is 1. The Kier molecular flexibility index (Phi) is 3.63. The molecule has 2 fully saturated rings. The van der Waals surface area contributed by atoms with Crippen LogP contribution in [0.1, 0.15) is 16.2 Å². The Labute approximate surface area is 155 Å². The number of halogens is 1. The fourth-order valence-corrected chi connectivity index (χ4v) is 4.19. The summed E-state index contributed by atoms with van der Waals surface area (Å²) in [5, 5.41) is 0.612. The third kappa shape index (κ3) is 2.83. The number of nitrogens with zero attached hydrogens (tertiary/aromatic N) is 4. The Morgan fingerprint density at radius 1 is 1.15 bits per heavy atom. The van der Waals surface area contributed by atoms with Crippen LogP contribution < -0.4 is 4.90 Å². The van der Waals surface area contributed by atoms with Crippen molar-refractivity contribution in [1.82, 2.24) is 14.9 Å². The zero-order valence-electron chi connectivity index (χ0n) is 14.9.